The van der Waals surface area contributed by atoms with Crippen molar-refractivity contribution in [3.63, 3.8) is 0 Å². The standard InChI is InChI=1S/C27H31N5O4/c1-18(2)16-31-17-21(15-28-31)20-10-7-19(8-11-20)9-12-25(33)23(27(35)36)13-14-32-26(34)22-5-3-4-6-24(22)29-30-32/h3-8,10-11,15,17-18,23,25,33H,9,12-14,16H2,1-2H3,(H,35,36)/t23-,25+/m0/s1. The zero-order valence-electron chi connectivity index (χ0n) is 20.5. The van der Waals surface area contributed by atoms with E-state index in [2.05, 4.69) is 29.3 Å². The second-order valence-corrected chi connectivity index (χ2v) is 9.52. The van der Waals surface area contributed by atoms with Crippen molar-refractivity contribution in [2.24, 2.45) is 11.8 Å². The first kappa shape index (κ1) is 25.2. The molecular formula is C27H31N5O4. The van der Waals surface area contributed by atoms with E-state index in [0.29, 0.717) is 29.7 Å². The van der Waals surface area contributed by atoms with Crippen molar-refractivity contribution in [3.05, 3.63) is 76.8 Å². The first-order valence-electron chi connectivity index (χ1n) is 12.2. The lowest BCUT2D eigenvalue weighted by molar-refractivity contribution is -0.146. The van der Waals surface area contributed by atoms with Crippen LogP contribution in [0.3, 0.4) is 0 Å². The minimum atomic E-state index is -1.10. The van der Waals surface area contributed by atoms with Gasteiger partial charge in [-0.3, -0.25) is 14.3 Å². The first-order valence-corrected chi connectivity index (χ1v) is 12.2. The molecule has 0 unspecified atom stereocenters. The van der Waals surface area contributed by atoms with Gasteiger partial charge < -0.3 is 10.2 Å². The Morgan fingerprint density at radius 3 is 2.50 bits per heavy atom. The molecule has 0 spiro atoms. The monoisotopic (exact) mass is 489 g/mol. The number of aliphatic hydroxyl groups is 1. The SMILES string of the molecule is CC(C)Cn1cc(-c2ccc(CC[C@@H](O)[C@H](CCn3nnc4ccccc4c3=O)C(=O)O)cc2)cn1. The molecule has 2 atom stereocenters. The molecule has 2 aromatic carbocycles. The van der Waals surface area contributed by atoms with E-state index in [-0.39, 0.29) is 18.5 Å². The summed E-state index contributed by atoms with van der Waals surface area (Å²) in [6.07, 6.45) is 3.73. The number of benzene rings is 2. The maximum atomic E-state index is 12.6. The summed E-state index contributed by atoms with van der Waals surface area (Å²) in [5.74, 6) is -1.60. The van der Waals surface area contributed by atoms with Crippen LogP contribution in [0.1, 0.15) is 32.3 Å². The summed E-state index contributed by atoms with van der Waals surface area (Å²) in [5.41, 5.74) is 3.27. The van der Waals surface area contributed by atoms with Crippen molar-refractivity contribution in [2.45, 2.75) is 52.3 Å². The highest BCUT2D eigenvalue weighted by Gasteiger charge is 2.26. The highest BCUT2D eigenvalue weighted by atomic mass is 16.4. The average molecular weight is 490 g/mol. The van der Waals surface area contributed by atoms with Crippen LogP contribution in [0.15, 0.2) is 65.7 Å². The molecular weight excluding hydrogens is 458 g/mol. The zero-order chi connectivity index (χ0) is 25.7. The summed E-state index contributed by atoms with van der Waals surface area (Å²) >= 11 is 0. The highest BCUT2D eigenvalue weighted by Crippen LogP contribution is 2.21. The summed E-state index contributed by atoms with van der Waals surface area (Å²) in [4.78, 5) is 24.5. The van der Waals surface area contributed by atoms with Crippen LogP contribution in [-0.2, 0) is 24.3 Å². The lowest BCUT2D eigenvalue weighted by Crippen LogP contribution is -2.32. The lowest BCUT2D eigenvalue weighted by Gasteiger charge is -2.19. The Morgan fingerprint density at radius 1 is 1.03 bits per heavy atom. The van der Waals surface area contributed by atoms with Crippen LogP contribution in [0.5, 0.6) is 0 Å². The Morgan fingerprint density at radius 2 is 1.78 bits per heavy atom. The van der Waals surface area contributed by atoms with Crippen molar-refractivity contribution in [1.82, 2.24) is 24.8 Å². The third-order valence-corrected chi connectivity index (χ3v) is 6.26. The van der Waals surface area contributed by atoms with Gasteiger partial charge in [-0.05, 0) is 48.4 Å². The number of carboxylic acids is 1. The van der Waals surface area contributed by atoms with Crippen molar-refractivity contribution in [2.75, 3.05) is 0 Å². The number of carbonyl (C=O) groups is 1. The maximum Gasteiger partial charge on any atom is 0.309 e. The fourth-order valence-corrected chi connectivity index (χ4v) is 4.28. The van der Waals surface area contributed by atoms with Gasteiger partial charge in [0.25, 0.3) is 5.56 Å². The number of carboxylic acid groups (broad SMARTS) is 1. The van der Waals surface area contributed by atoms with E-state index in [9.17, 15) is 19.8 Å². The number of fused-ring (bicyclic) bond motifs is 1. The van der Waals surface area contributed by atoms with Gasteiger partial charge in [0.2, 0.25) is 0 Å². The van der Waals surface area contributed by atoms with E-state index in [0.717, 1.165) is 27.9 Å². The van der Waals surface area contributed by atoms with E-state index in [4.69, 9.17) is 0 Å². The number of aliphatic carboxylic acids is 1. The molecule has 0 aliphatic heterocycles. The number of hydrogen-bond donors (Lipinski definition) is 2. The summed E-state index contributed by atoms with van der Waals surface area (Å²) < 4.78 is 3.10. The van der Waals surface area contributed by atoms with E-state index < -0.39 is 18.0 Å². The second kappa shape index (κ2) is 11.3. The van der Waals surface area contributed by atoms with Gasteiger partial charge in [0.1, 0.15) is 5.52 Å². The fourth-order valence-electron chi connectivity index (χ4n) is 4.28. The molecule has 0 saturated carbocycles. The topological polar surface area (TPSA) is 123 Å². The Bertz CT molecular complexity index is 1380. The number of aromatic nitrogens is 5. The van der Waals surface area contributed by atoms with Gasteiger partial charge in [0, 0.05) is 24.8 Å². The van der Waals surface area contributed by atoms with Crippen LogP contribution in [0.4, 0.5) is 0 Å². The molecule has 36 heavy (non-hydrogen) atoms. The molecule has 0 fully saturated rings. The molecule has 188 valence electrons. The molecule has 0 aliphatic rings. The largest absolute Gasteiger partial charge is 0.481 e. The maximum absolute atomic E-state index is 12.6. The molecule has 2 N–H and O–H groups in total. The first-order chi connectivity index (χ1) is 17.3. The van der Waals surface area contributed by atoms with E-state index in [1.165, 1.54) is 0 Å². The quantitative estimate of drug-likeness (QED) is 0.331. The van der Waals surface area contributed by atoms with Crippen LogP contribution in [0, 0.1) is 11.8 Å². The van der Waals surface area contributed by atoms with Gasteiger partial charge in [0.15, 0.2) is 0 Å². The van der Waals surface area contributed by atoms with Crippen molar-refractivity contribution >= 4 is 16.9 Å². The fraction of sp³-hybridized carbons (Fsp3) is 0.370. The Hall–Kier alpha value is -3.85. The van der Waals surface area contributed by atoms with E-state index in [1.54, 1.807) is 24.3 Å². The average Bonchev–Trinajstić information content (AvgIpc) is 3.32. The van der Waals surface area contributed by atoms with Gasteiger partial charge in [-0.2, -0.15) is 5.10 Å². The zero-order valence-corrected chi connectivity index (χ0v) is 20.5. The van der Waals surface area contributed by atoms with Crippen LogP contribution in [0.2, 0.25) is 0 Å². The number of aliphatic hydroxyl groups excluding tert-OH is 1. The predicted octanol–water partition coefficient (Wildman–Crippen LogP) is 3.40. The lowest BCUT2D eigenvalue weighted by atomic mass is 9.93. The molecule has 2 heterocycles. The smallest absolute Gasteiger partial charge is 0.309 e. The summed E-state index contributed by atoms with van der Waals surface area (Å²) in [6.45, 7) is 5.22. The number of rotatable bonds is 11. The van der Waals surface area contributed by atoms with Crippen LogP contribution in [0.25, 0.3) is 22.0 Å². The molecule has 9 heteroatoms. The molecule has 2 aromatic heterocycles. The molecule has 9 nitrogen and oxygen atoms in total. The molecule has 0 amide bonds. The third-order valence-electron chi connectivity index (χ3n) is 6.26. The molecule has 4 rings (SSSR count). The van der Waals surface area contributed by atoms with Gasteiger partial charge in [-0.1, -0.05) is 55.5 Å². The predicted molar refractivity (Wildman–Crippen MR) is 136 cm³/mol. The molecule has 4 aromatic rings. The Kier molecular flexibility index (Phi) is 7.90. The molecule has 0 saturated heterocycles. The van der Waals surface area contributed by atoms with Gasteiger partial charge >= 0.3 is 5.97 Å². The number of aryl methyl sites for hydroxylation is 2. The highest BCUT2D eigenvalue weighted by molar-refractivity contribution is 5.76. The van der Waals surface area contributed by atoms with Crippen molar-refractivity contribution in [1.29, 1.82) is 0 Å². The summed E-state index contributed by atoms with van der Waals surface area (Å²) in [6, 6.07) is 14.9. The van der Waals surface area contributed by atoms with E-state index >= 15 is 0 Å². The van der Waals surface area contributed by atoms with Crippen molar-refractivity contribution in [3.8, 4) is 11.1 Å². The molecule has 0 radical (unpaired) electrons. The number of nitrogens with zero attached hydrogens (tertiary/aromatic N) is 5. The van der Waals surface area contributed by atoms with Gasteiger partial charge in [-0.25, -0.2) is 4.68 Å². The molecule has 0 aliphatic carbocycles. The van der Waals surface area contributed by atoms with Crippen LogP contribution >= 0.6 is 0 Å². The summed E-state index contributed by atoms with van der Waals surface area (Å²) in [7, 11) is 0. The van der Waals surface area contributed by atoms with E-state index in [1.807, 2.05) is 41.3 Å². The Labute approximate surface area is 209 Å². The normalized spacial score (nSPS) is 13.2. The third kappa shape index (κ3) is 6.04. The Balaban J connectivity index is 1.35. The summed E-state index contributed by atoms with van der Waals surface area (Å²) in [5, 5.41) is 33.1. The minimum absolute atomic E-state index is 0.0594. The minimum Gasteiger partial charge on any atom is -0.481 e. The molecule has 0 bridgehead atoms. The van der Waals surface area contributed by atoms with Gasteiger partial charge in [0.05, 0.1) is 23.6 Å². The van der Waals surface area contributed by atoms with Crippen LogP contribution in [-0.4, -0.2) is 47.1 Å². The van der Waals surface area contributed by atoms with Gasteiger partial charge in [-0.15, -0.1) is 5.10 Å². The number of hydrogen-bond acceptors (Lipinski definition) is 6. The second-order valence-electron chi connectivity index (χ2n) is 9.52. The van der Waals surface area contributed by atoms with Crippen LogP contribution < -0.4 is 5.56 Å². The van der Waals surface area contributed by atoms with Crippen molar-refractivity contribution < 1.29 is 15.0 Å².